The second-order valence-electron chi connectivity index (χ2n) is 10.1. The number of nitrogens with zero attached hydrogens (tertiary/aromatic N) is 2. The first kappa shape index (κ1) is 29.5. The van der Waals surface area contributed by atoms with Gasteiger partial charge in [-0.05, 0) is 67.9 Å². The van der Waals surface area contributed by atoms with Crippen LogP contribution in [0.4, 0.5) is 30.8 Å². The maximum absolute atomic E-state index is 14.9. The fraction of sp³-hybridized carbons (Fsp3) is 0.156. The minimum absolute atomic E-state index is 0.00826. The predicted molar refractivity (Wildman–Crippen MR) is 166 cm³/mol. The topological polar surface area (TPSA) is 97.3 Å². The Bertz CT molecular complexity index is 1880. The molecule has 2 heterocycles. The van der Waals surface area contributed by atoms with E-state index >= 15 is 0 Å². The number of benzene rings is 3. The molecule has 5 aromatic rings. The molecule has 3 aromatic carbocycles. The van der Waals surface area contributed by atoms with Gasteiger partial charge in [-0.25, -0.2) is 18.6 Å². The number of halogens is 3. The summed E-state index contributed by atoms with van der Waals surface area (Å²) in [5.74, 6) is 0.00796. The van der Waals surface area contributed by atoms with Crippen LogP contribution in [-0.2, 0) is 6.54 Å². The zero-order valence-electron chi connectivity index (χ0n) is 23.5. The number of anilines is 3. The number of aromatic nitrogens is 2. The molecular weight excluding hydrogens is 576 g/mol. The fourth-order valence-electron chi connectivity index (χ4n) is 4.67. The van der Waals surface area contributed by atoms with Gasteiger partial charge in [0.15, 0.2) is 0 Å². The molecule has 0 radical (unpaired) electrons. The monoisotopic (exact) mass is 603 g/mol. The number of hydrogen-bond acceptors (Lipinski definition) is 5. The first-order chi connectivity index (χ1) is 20.6. The summed E-state index contributed by atoms with van der Waals surface area (Å²) in [6.45, 7) is 4.28. The van der Waals surface area contributed by atoms with Gasteiger partial charge in [0.05, 0.1) is 23.3 Å². The Hall–Kier alpha value is -4.96. The SMILES string of the molecule is COc1ccc(CNc2cc3c(cn2)cc(-c2cc(NC(=O)Nc4cccc(F)c4)c(F)cc2Cl)c(=O)n3C(C)C)cc1. The Morgan fingerprint density at radius 1 is 1.00 bits per heavy atom. The van der Waals surface area contributed by atoms with Gasteiger partial charge in [-0.15, -0.1) is 0 Å². The Balaban J connectivity index is 1.47. The van der Waals surface area contributed by atoms with Crippen LogP contribution in [0.25, 0.3) is 22.0 Å². The number of pyridine rings is 2. The van der Waals surface area contributed by atoms with Crippen molar-refractivity contribution < 1.29 is 18.3 Å². The van der Waals surface area contributed by atoms with Gasteiger partial charge in [0.25, 0.3) is 5.56 Å². The van der Waals surface area contributed by atoms with E-state index < -0.39 is 17.7 Å². The average Bonchev–Trinajstić information content (AvgIpc) is 2.97. The summed E-state index contributed by atoms with van der Waals surface area (Å²) in [4.78, 5) is 30.9. The number of amides is 2. The molecule has 0 atom stereocenters. The molecule has 0 aliphatic heterocycles. The van der Waals surface area contributed by atoms with Crippen molar-refractivity contribution in [1.29, 1.82) is 0 Å². The zero-order chi connectivity index (χ0) is 30.7. The van der Waals surface area contributed by atoms with Gasteiger partial charge in [0.2, 0.25) is 0 Å². The van der Waals surface area contributed by atoms with E-state index in [1.54, 1.807) is 30.0 Å². The molecule has 0 unspecified atom stereocenters. The standard InChI is InChI=1S/C32H28ClF2N5O3/c1-18(2)40-29-15-30(36-16-19-7-9-23(43-3)10-8-19)37-17-20(29)11-25(31(40)41)24-13-28(27(35)14-26(24)33)39-32(42)38-22-6-4-5-21(34)12-22/h4-15,17-18H,16H2,1-3H3,(H,36,37)(H2,38,39,42). The van der Waals surface area contributed by atoms with Crippen molar-refractivity contribution >= 4 is 45.7 Å². The molecule has 0 aliphatic rings. The zero-order valence-corrected chi connectivity index (χ0v) is 24.3. The highest BCUT2D eigenvalue weighted by Crippen LogP contribution is 2.33. The Labute approximate surface area is 251 Å². The molecule has 0 aliphatic carbocycles. The molecule has 0 fully saturated rings. The van der Waals surface area contributed by atoms with Gasteiger partial charge in [0.1, 0.15) is 23.2 Å². The van der Waals surface area contributed by atoms with E-state index in [4.69, 9.17) is 16.3 Å². The minimum atomic E-state index is -0.803. The van der Waals surface area contributed by atoms with E-state index in [2.05, 4.69) is 20.9 Å². The van der Waals surface area contributed by atoms with E-state index in [0.29, 0.717) is 23.3 Å². The van der Waals surface area contributed by atoms with Crippen molar-refractivity contribution in [2.24, 2.45) is 0 Å². The summed E-state index contributed by atoms with van der Waals surface area (Å²) in [5, 5.41) is 8.80. The quantitative estimate of drug-likeness (QED) is 0.168. The summed E-state index contributed by atoms with van der Waals surface area (Å²) in [7, 11) is 1.61. The van der Waals surface area contributed by atoms with Crippen LogP contribution in [0.5, 0.6) is 5.75 Å². The summed E-state index contributed by atoms with van der Waals surface area (Å²) in [6, 6.07) is 17.7. The van der Waals surface area contributed by atoms with Crippen molar-refractivity contribution in [1.82, 2.24) is 9.55 Å². The van der Waals surface area contributed by atoms with Gasteiger partial charge in [-0.3, -0.25) is 4.79 Å². The number of rotatable bonds is 8. The van der Waals surface area contributed by atoms with Gasteiger partial charge in [-0.2, -0.15) is 0 Å². The van der Waals surface area contributed by atoms with E-state index in [1.165, 1.54) is 24.3 Å². The van der Waals surface area contributed by atoms with E-state index in [0.717, 1.165) is 23.4 Å². The number of nitrogens with one attached hydrogen (secondary N) is 3. The van der Waals surface area contributed by atoms with Crippen molar-refractivity contribution in [3.63, 3.8) is 0 Å². The lowest BCUT2D eigenvalue weighted by Crippen LogP contribution is -2.24. The molecule has 5 rings (SSSR count). The molecule has 2 aromatic heterocycles. The molecular formula is C32H28ClF2N5O3. The fourth-order valence-corrected chi connectivity index (χ4v) is 4.92. The highest BCUT2D eigenvalue weighted by molar-refractivity contribution is 6.33. The number of hydrogen-bond donors (Lipinski definition) is 3. The first-order valence-electron chi connectivity index (χ1n) is 13.4. The van der Waals surface area contributed by atoms with Gasteiger partial charge < -0.3 is 25.3 Å². The van der Waals surface area contributed by atoms with Crippen LogP contribution in [0, 0.1) is 11.6 Å². The largest absolute Gasteiger partial charge is 0.497 e. The van der Waals surface area contributed by atoms with Crippen LogP contribution in [0.2, 0.25) is 5.02 Å². The molecule has 3 N–H and O–H groups in total. The molecule has 8 nitrogen and oxygen atoms in total. The molecule has 2 amide bonds. The van der Waals surface area contributed by atoms with Crippen LogP contribution >= 0.6 is 11.6 Å². The lowest BCUT2D eigenvalue weighted by atomic mass is 10.0. The highest BCUT2D eigenvalue weighted by atomic mass is 35.5. The third kappa shape index (κ3) is 6.60. The average molecular weight is 604 g/mol. The van der Waals surface area contributed by atoms with Crippen LogP contribution in [0.1, 0.15) is 25.5 Å². The van der Waals surface area contributed by atoms with Crippen molar-refractivity contribution in [3.05, 3.63) is 112 Å². The third-order valence-electron chi connectivity index (χ3n) is 6.75. The lowest BCUT2D eigenvalue weighted by Gasteiger charge is -2.18. The molecule has 0 spiro atoms. The van der Waals surface area contributed by atoms with Gasteiger partial charge >= 0.3 is 6.03 Å². The molecule has 11 heteroatoms. The molecule has 0 saturated heterocycles. The molecule has 0 bridgehead atoms. The Morgan fingerprint density at radius 3 is 2.47 bits per heavy atom. The second-order valence-corrected chi connectivity index (χ2v) is 10.5. The van der Waals surface area contributed by atoms with Crippen LogP contribution in [0.3, 0.4) is 0 Å². The number of ether oxygens (including phenoxy) is 1. The number of urea groups is 1. The highest BCUT2D eigenvalue weighted by Gasteiger charge is 2.19. The Kier molecular flexibility index (Phi) is 8.58. The first-order valence-corrected chi connectivity index (χ1v) is 13.8. The summed E-state index contributed by atoms with van der Waals surface area (Å²) >= 11 is 6.43. The maximum Gasteiger partial charge on any atom is 0.323 e. The summed E-state index contributed by atoms with van der Waals surface area (Å²) < 4.78 is 35.2. The van der Waals surface area contributed by atoms with E-state index in [1.807, 2.05) is 38.1 Å². The maximum atomic E-state index is 14.9. The number of methoxy groups -OCH3 is 1. The number of carbonyl (C=O) groups excluding carboxylic acids is 1. The summed E-state index contributed by atoms with van der Waals surface area (Å²) in [6.07, 6.45) is 1.65. The normalized spacial score (nSPS) is 11.0. The third-order valence-corrected chi connectivity index (χ3v) is 7.06. The van der Waals surface area contributed by atoms with Gasteiger partial charge in [0, 0.05) is 47.1 Å². The smallest absolute Gasteiger partial charge is 0.323 e. The van der Waals surface area contributed by atoms with E-state index in [-0.39, 0.29) is 39.1 Å². The van der Waals surface area contributed by atoms with Gasteiger partial charge in [-0.1, -0.05) is 29.8 Å². The summed E-state index contributed by atoms with van der Waals surface area (Å²) in [5.41, 5.74) is 1.75. The predicted octanol–water partition coefficient (Wildman–Crippen LogP) is 7.84. The molecule has 220 valence electrons. The second kappa shape index (κ2) is 12.5. The molecule has 0 saturated carbocycles. The number of carbonyl (C=O) groups is 1. The molecule has 43 heavy (non-hydrogen) atoms. The number of fused-ring (bicyclic) bond motifs is 1. The van der Waals surface area contributed by atoms with Crippen molar-refractivity contribution in [3.8, 4) is 16.9 Å². The van der Waals surface area contributed by atoms with E-state index in [9.17, 15) is 18.4 Å². The lowest BCUT2D eigenvalue weighted by molar-refractivity contribution is 0.262. The minimum Gasteiger partial charge on any atom is -0.497 e. The Morgan fingerprint density at radius 2 is 1.77 bits per heavy atom. The van der Waals surface area contributed by atoms with Crippen LogP contribution in [-0.4, -0.2) is 22.7 Å². The van der Waals surface area contributed by atoms with Crippen LogP contribution in [0.15, 0.2) is 83.8 Å². The van der Waals surface area contributed by atoms with Crippen molar-refractivity contribution in [2.75, 3.05) is 23.1 Å². The van der Waals surface area contributed by atoms with Crippen molar-refractivity contribution in [2.45, 2.75) is 26.4 Å². The van der Waals surface area contributed by atoms with Crippen LogP contribution < -0.4 is 26.2 Å².